The second-order valence-corrected chi connectivity index (χ2v) is 7.55. The Labute approximate surface area is 116 Å². The number of piperidine rings is 1. The smallest absolute Gasteiger partial charge is 0.0447 e. The fourth-order valence-electron chi connectivity index (χ4n) is 3.64. The fraction of sp³-hybridized carbons (Fsp3) is 1.00. The van der Waals surface area contributed by atoms with Crippen molar-refractivity contribution in [2.24, 2.45) is 5.73 Å². The molecule has 2 atom stereocenters. The van der Waals surface area contributed by atoms with Crippen LogP contribution >= 0.6 is 11.8 Å². The molecule has 106 valence electrons. The molecule has 4 heteroatoms. The van der Waals surface area contributed by atoms with Gasteiger partial charge in [-0.05, 0) is 45.5 Å². The van der Waals surface area contributed by atoms with Crippen LogP contribution < -0.4 is 5.73 Å². The first-order valence-corrected chi connectivity index (χ1v) is 8.38. The van der Waals surface area contributed by atoms with Gasteiger partial charge in [0, 0.05) is 36.5 Å². The molecule has 0 aliphatic carbocycles. The van der Waals surface area contributed by atoms with Crippen LogP contribution in [-0.2, 0) is 0 Å². The maximum Gasteiger partial charge on any atom is 0.0447 e. The summed E-state index contributed by atoms with van der Waals surface area (Å²) in [6.07, 6.45) is 5.22. The van der Waals surface area contributed by atoms with Gasteiger partial charge in [-0.25, -0.2) is 0 Å². The van der Waals surface area contributed by atoms with E-state index >= 15 is 0 Å². The average molecular weight is 271 g/mol. The minimum atomic E-state index is 0.278. The summed E-state index contributed by atoms with van der Waals surface area (Å²) in [7, 11) is 4.41. The summed E-state index contributed by atoms with van der Waals surface area (Å²) < 4.78 is 0. The van der Waals surface area contributed by atoms with Gasteiger partial charge in [0.1, 0.15) is 0 Å². The zero-order chi connectivity index (χ0) is 13.2. The molecule has 0 bridgehead atoms. The third-order valence-electron chi connectivity index (χ3n) is 5.06. The molecule has 0 aromatic carbocycles. The van der Waals surface area contributed by atoms with Gasteiger partial charge in [-0.1, -0.05) is 6.92 Å². The van der Waals surface area contributed by atoms with Crippen molar-refractivity contribution < 1.29 is 0 Å². The van der Waals surface area contributed by atoms with Crippen LogP contribution in [0.15, 0.2) is 0 Å². The lowest BCUT2D eigenvalue weighted by Gasteiger charge is -2.52. The van der Waals surface area contributed by atoms with Gasteiger partial charge in [0.2, 0.25) is 0 Å². The molecule has 0 spiro atoms. The van der Waals surface area contributed by atoms with Gasteiger partial charge in [-0.15, -0.1) is 0 Å². The Bertz CT molecular complexity index is 264. The van der Waals surface area contributed by atoms with Crippen molar-refractivity contribution in [2.45, 2.75) is 49.4 Å². The number of hydrogen-bond acceptors (Lipinski definition) is 4. The highest BCUT2D eigenvalue weighted by atomic mass is 32.2. The minimum absolute atomic E-state index is 0.278. The number of nitrogens with zero attached hydrogens (tertiary/aromatic N) is 2. The predicted molar refractivity (Wildman–Crippen MR) is 81.2 cm³/mol. The number of hydrogen-bond donors (Lipinski definition) is 1. The number of likely N-dealkylation sites (tertiary alicyclic amines) is 1. The first-order chi connectivity index (χ1) is 8.60. The Hall–Kier alpha value is 0.230. The van der Waals surface area contributed by atoms with E-state index in [0.717, 1.165) is 12.6 Å². The van der Waals surface area contributed by atoms with Crippen LogP contribution in [0, 0.1) is 0 Å². The molecule has 2 heterocycles. The van der Waals surface area contributed by atoms with Crippen molar-refractivity contribution in [3.05, 3.63) is 0 Å². The molecule has 2 saturated heterocycles. The van der Waals surface area contributed by atoms with Crippen LogP contribution in [0.5, 0.6) is 0 Å². The van der Waals surface area contributed by atoms with Crippen molar-refractivity contribution in [2.75, 3.05) is 39.5 Å². The van der Waals surface area contributed by atoms with Crippen LogP contribution in [-0.4, -0.2) is 66.1 Å². The highest BCUT2D eigenvalue weighted by Gasteiger charge is 2.43. The quantitative estimate of drug-likeness (QED) is 0.845. The van der Waals surface area contributed by atoms with Gasteiger partial charge < -0.3 is 10.6 Å². The van der Waals surface area contributed by atoms with Gasteiger partial charge in [-0.3, -0.25) is 4.90 Å². The molecule has 2 fully saturated rings. The molecule has 0 saturated carbocycles. The molecule has 0 aromatic heterocycles. The van der Waals surface area contributed by atoms with Gasteiger partial charge in [0.05, 0.1) is 0 Å². The Morgan fingerprint density at radius 3 is 2.50 bits per heavy atom. The molecule has 0 aromatic rings. The Morgan fingerprint density at radius 2 is 2.00 bits per heavy atom. The zero-order valence-corrected chi connectivity index (χ0v) is 13.0. The van der Waals surface area contributed by atoms with Crippen molar-refractivity contribution >= 4 is 11.8 Å². The van der Waals surface area contributed by atoms with Crippen molar-refractivity contribution in [1.29, 1.82) is 0 Å². The summed E-state index contributed by atoms with van der Waals surface area (Å²) in [6, 6.07) is 0.766. The number of rotatable bonds is 3. The summed E-state index contributed by atoms with van der Waals surface area (Å²) in [5.41, 5.74) is 6.47. The molecular formula is C14H29N3S. The van der Waals surface area contributed by atoms with E-state index in [-0.39, 0.29) is 5.54 Å². The van der Waals surface area contributed by atoms with Crippen LogP contribution in [0.3, 0.4) is 0 Å². The van der Waals surface area contributed by atoms with E-state index in [0.29, 0.717) is 5.25 Å². The average Bonchev–Trinajstić information content (AvgIpc) is 2.40. The standard InChI is InChI=1S/C14H29N3S/c1-12-14(11-15,7-4-10-18-12)17-8-5-13(6-9-17)16(2)3/h12-13H,4-11,15H2,1-3H3. The summed E-state index contributed by atoms with van der Waals surface area (Å²) in [4.78, 5) is 5.09. The molecule has 2 aliphatic rings. The van der Waals surface area contributed by atoms with Gasteiger partial charge in [0.25, 0.3) is 0 Å². The zero-order valence-electron chi connectivity index (χ0n) is 12.2. The Kier molecular flexibility index (Phi) is 4.98. The highest BCUT2D eigenvalue weighted by Crippen LogP contribution is 2.39. The van der Waals surface area contributed by atoms with E-state index < -0.39 is 0 Å². The molecule has 2 aliphatic heterocycles. The molecule has 2 unspecified atom stereocenters. The molecular weight excluding hydrogens is 242 g/mol. The van der Waals surface area contributed by atoms with E-state index in [1.165, 1.54) is 44.5 Å². The summed E-state index contributed by atoms with van der Waals surface area (Å²) >= 11 is 2.12. The van der Waals surface area contributed by atoms with Crippen molar-refractivity contribution in [1.82, 2.24) is 9.80 Å². The summed E-state index contributed by atoms with van der Waals surface area (Å²) in [6.45, 7) is 5.67. The van der Waals surface area contributed by atoms with Gasteiger partial charge in [-0.2, -0.15) is 11.8 Å². The topological polar surface area (TPSA) is 32.5 Å². The molecule has 18 heavy (non-hydrogen) atoms. The highest BCUT2D eigenvalue weighted by molar-refractivity contribution is 8.00. The van der Waals surface area contributed by atoms with E-state index in [4.69, 9.17) is 5.73 Å². The fourth-order valence-corrected chi connectivity index (χ4v) is 4.97. The van der Waals surface area contributed by atoms with Crippen LogP contribution in [0.25, 0.3) is 0 Å². The molecule has 0 radical (unpaired) electrons. The van der Waals surface area contributed by atoms with E-state index in [2.05, 4.69) is 42.6 Å². The Balaban J connectivity index is 2.01. The first-order valence-electron chi connectivity index (χ1n) is 7.33. The van der Waals surface area contributed by atoms with Gasteiger partial charge >= 0.3 is 0 Å². The van der Waals surface area contributed by atoms with Gasteiger partial charge in [0.15, 0.2) is 0 Å². The molecule has 0 amide bonds. The second kappa shape index (κ2) is 6.12. The van der Waals surface area contributed by atoms with E-state index in [1.807, 2.05) is 0 Å². The van der Waals surface area contributed by atoms with Crippen molar-refractivity contribution in [3.8, 4) is 0 Å². The normalized spacial score (nSPS) is 36.2. The molecule has 2 rings (SSSR count). The number of thioether (sulfide) groups is 1. The monoisotopic (exact) mass is 271 g/mol. The van der Waals surface area contributed by atoms with E-state index in [1.54, 1.807) is 0 Å². The SMILES string of the molecule is CC1SCCCC1(CN)N1CCC(N(C)C)CC1. The maximum atomic E-state index is 6.19. The summed E-state index contributed by atoms with van der Waals surface area (Å²) in [5.74, 6) is 1.32. The summed E-state index contributed by atoms with van der Waals surface area (Å²) in [5, 5.41) is 0.687. The molecule has 2 N–H and O–H groups in total. The second-order valence-electron chi connectivity index (χ2n) is 6.11. The lowest BCUT2D eigenvalue weighted by molar-refractivity contribution is 0.0373. The third kappa shape index (κ3) is 2.72. The van der Waals surface area contributed by atoms with Crippen molar-refractivity contribution in [3.63, 3.8) is 0 Å². The predicted octanol–water partition coefficient (Wildman–Crippen LogP) is 1.63. The van der Waals surface area contributed by atoms with Crippen LogP contribution in [0.4, 0.5) is 0 Å². The van der Waals surface area contributed by atoms with Crippen LogP contribution in [0.1, 0.15) is 32.6 Å². The lowest BCUT2D eigenvalue weighted by Crippen LogP contribution is -2.63. The Morgan fingerprint density at radius 1 is 1.33 bits per heavy atom. The molecule has 3 nitrogen and oxygen atoms in total. The minimum Gasteiger partial charge on any atom is -0.329 e. The maximum absolute atomic E-state index is 6.19. The number of nitrogens with two attached hydrogens (primary N) is 1. The van der Waals surface area contributed by atoms with E-state index in [9.17, 15) is 0 Å². The largest absolute Gasteiger partial charge is 0.329 e. The third-order valence-corrected chi connectivity index (χ3v) is 6.52. The lowest BCUT2D eigenvalue weighted by atomic mass is 9.85. The first kappa shape index (κ1) is 14.6. The van der Waals surface area contributed by atoms with Crippen LogP contribution in [0.2, 0.25) is 0 Å².